The molecule has 0 N–H and O–H groups in total. The average Bonchev–Trinajstić information content (AvgIpc) is 2.84. The van der Waals surface area contributed by atoms with E-state index in [9.17, 15) is 14.4 Å². The number of ether oxygens (including phenoxy) is 1. The highest BCUT2D eigenvalue weighted by Gasteiger charge is 2.47. The van der Waals surface area contributed by atoms with Crippen molar-refractivity contribution in [3.8, 4) is 0 Å². The van der Waals surface area contributed by atoms with E-state index in [0.717, 1.165) is 17.5 Å². The summed E-state index contributed by atoms with van der Waals surface area (Å²) in [4.78, 5) is 43.2. The summed E-state index contributed by atoms with van der Waals surface area (Å²) >= 11 is 0. The maximum absolute atomic E-state index is 14.0. The van der Waals surface area contributed by atoms with E-state index in [4.69, 9.17) is 4.74 Å². The first-order valence-corrected chi connectivity index (χ1v) is 11.5. The lowest BCUT2D eigenvalue weighted by molar-refractivity contribution is -0.151. The normalized spacial score (nSPS) is 22.6. The summed E-state index contributed by atoms with van der Waals surface area (Å²) in [5.41, 5.74) is 3.72. The highest BCUT2D eigenvalue weighted by atomic mass is 16.5. The number of nitrogens with zero attached hydrogens (tertiary/aromatic N) is 2. The van der Waals surface area contributed by atoms with Crippen LogP contribution in [0.5, 0.6) is 0 Å². The summed E-state index contributed by atoms with van der Waals surface area (Å²) in [6.45, 7) is 3.87. The zero-order valence-electron chi connectivity index (χ0n) is 18.3. The van der Waals surface area contributed by atoms with Gasteiger partial charge < -0.3 is 14.5 Å². The first kappa shape index (κ1) is 20.7. The Morgan fingerprint density at radius 1 is 0.969 bits per heavy atom. The summed E-state index contributed by atoms with van der Waals surface area (Å²) in [6.07, 6.45) is 2.03. The molecule has 2 aromatic rings. The van der Waals surface area contributed by atoms with Crippen LogP contribution in [0.1, 0.15) is 58.8 Å². The van der Waals surface area contributed by atoms with Gasteiger partial charge in [-0.1, -0.05) is 42.5 Å². The number of rotatable bonds is 3. The summed E-state index contributed by atoms with van der Waals surface area (Å²) < 4.78 is 5.17. The molecule has 3 aliphatic heterocycles. The van der Waals surface area contributed by atoms with Crippen molar-refractivity contribution >= 4 is 17.8 Å². The molecule has 1 saturated heterocycles. The molecule has 6 nitrogen and oxygen atoms in total. The molecule has 0 aromatic heterocycles. The van der Waals surface area contributed by atoms with Crippen molar-refractivity contribution in [2.75, 3.05) is 26.2 Å². The van der Waals surface area contributed by atoms with Crippen LogP contribution < -0.4 is 0 Å². The van der Waals surface area contributed by atoms with E-state index in [2.05, 4.69) is 12.1 Å². The fourth-order valence-electron chi connectivity index (χ4n) is 5.53. The predicted octanol–water partition coefficient (Wildman–Crippen LogP) is 3.33. The van der Waals surface area contributed by atoms with E-state index in [1.165, 1.54) is 5.56 Å². The molecule has 1 fully saturated rings. The molecule has 5 rings (SSSR count). The minimum absolute atomic E-state index is 0.00479. The van der Waals surface area contributed by atoms with Crippen LogP contribution in [-0.2, 0) is 20.7 Å². The highest BCUT2D eigenvalue weighted by Crippen LogP contribution is 2.46. The van der Waals surface area contributed by atoms with Crippen LogP contribution in [0, 0.1) is 5.92 Å². The molecule has 0 bridgehead atoms. The Hall–Kier alpha value is -3.15. The predicted molar refractivity (Wildman–Crippen MR) is 119 cm³/mol. The van der Waals surface area contributed by atoms with E-state index in [0.29, 0.717) is 44.6 Å². The molecule has 0 saturated carbocycles. The van der Waals surface area contributed by atoms with Crippen LogP contribution in [0.2, 0.25) is 0 Å². The summed E-state index contributed by atoms with van der Waals surface area (Å²) in [5.74, 6) is -0.708. The number of fused-ring (bicyclic) bond motifs is 4. The van der Waals surface area contributed by atoms with Gasteiger partial charge in [0.2, 0.25) is 5.91 Å². The quantitative estimate of drug-likeness (QED) is 0.698. The van der Waals surface area contributed by atoms with Crippen molar-refractivity contribution in [3.63, 3.8) is 0 Å². The number of likely N-dealkylation sites (tertiary alicyclic amines) is 1. The Kier molecular flexibility index (Phi) is 5.45. The van der Waals surface area contributed by atoms with Gasteiger partial charge in [-0.15, -0.1) is 0 Å². The van der Waals surface area contributed by atoms with Gasteiger partial charge in [0, 0.05) is 25.2 Å². The summed E-state index contributed by atoms with van der Waals surface area (Å²) in [6, 6.07) is 15.4. The van der Waals surface area contributed by atoms with Crippen LogP contribution in [0.15, 0.2) is 48.5 Å². The van der Waals surface area contributed by atoms with Gasteiger partial charge in [0.15, 0.2) is 0 Å². The van der Waals surface area contributed by atoms with Crippen molar-refractivity contribution in [2.45, 2.75) is 38.1 Å². The molecule has 6 heteroatoms. The van der Waals surface area contributed by atoms with Gasteiger partial charge in [-0.25, -0.2) is 0 Å². The standard InChI is InChI=1S/C26H28N2O4/c1-2-32-26(31)18-11-14-27(15-12-18)25(30)22-20-9-5-6-10-21(20)24(29)28-16-13-17-7-3-4-8-19(17)23(22)28/h3-10,18,22-23H,2,11-16H2,1H3. The van der Waals surface area contributed by atoms with E-state index in [1.54, 1.807) is 0 Å². The summed E-state index contributed by atoms with van der Waals surface area (Å²) in [5, 5.41) is 0. The lowest BCUT2D eigenvalue weighted by Crippen LogP contribution is -2.52. The van der Waals surface area contributed by atoms with E-state index in [-0.39, 0.29) is 29.7 Å². The Labute approximate surface area is 188 Å². The van der Waals surface area contributed by atoms with Crippen molar-refractivity contribution in [1.29, 1.82) is 0 Å². The second kappa shape index (κ2) is 8.41. The van der Waals surface area contributed by atoms with E-state index in [1.807, 2.05) is 53.1 Å². The molecule has 2 atom stereocenters. The molecule has 2 amide bonds. The third kappa shape index (κ3) is 3.38. The average molecular weight is 433 g/mol. The third-order valence-electron chi connectivity index (χ3n) is 7.13. The molecule has 32 heavy (non-hydrogen) atoms. The van der Waals surface area contributed by atoms with Gasteiger partial charge in [-0.05, 0) is 48.9 Å². The van der Waals surface area contributed by atoms with Crippen molar-refractivity contribution < 1.29 is 19.1 Å². The van der Waals surface area contributed by atoms with Crippen molar-refractivity contribution in [1.82, 2.24) is 9.80 Å². The van der Waals surface area contributed by atoms with Gasteiger partial charge in [0.25, 0.3) is 5.91 Å². The second-order valence-electron chi connectivity index (χ2n) is 8.81. The Morgan fingerprint density at radius 2 is 1.66 bits per heavy atom. The van der Waals surface area contributed by atoms with Gasteiger partial charge in [0.1, 0.15) is 0 Å². The number of hydrogen-bond acceptors (Lipinski definition) is 4. The fourth-order valence-corrected chi connectivity index (χ4v) is 5.53. The van der Waals surface area contributed by atoms with E-state index >= 15 is 0 Å². The van der Waals surface area contributed by atoms with Crippen LogP contribution >= 0.6 is 0 Å². The molecule has 0 spiro atoms. The maximum atomic E-state index is 14.0. The zero-order chi connectivity index (χ0) is 22.2. The van der Waals surface area contributed by atoms with Gasteiger partial charge in [-0.3, -0.25) is 14.4 Å². The SMILES string of the molecule is CCOC(=O)C1CCN(C(=O)C2c3ccccc3C(=O)N3CCc4ccccc4C23)CC1. The minimum atomic E-state index is -0.440. The molecule has 3 heterocycles. The molecule has 166 valence electrons. The first-order valence-electron chi connectivity index (χ1n) is 11.5. The summed E-state index contributed by atoms with van der Waals surface area (Å²) in [7, 11) is 0. The number of carbonyl (C=O) groups is 3. The van der Waals surface area contributed by atoms with E-state index < -0.39 is 5.92 Å². The van der Waals surface area contributed by atoms with Crippen LogP contribution in [0.4, 0.5) is 0 Å². The highest BCUT2D eigenvalue weighted by molar-refractivity contribution is 6.01. The number of benzene rings is 2. The Morgan fingerprint density at radius 3 is 2.41 bits per heavy atom. The van der Waals surface area contributed by atoms with Crippen LogP contribution in [0.3, 0.4) is 0 Å². The van der Waals surface area contributed by atoms with Crippen molar-refractivity contribution in [2.24, 2.45) is 5.92 Å². The topological polar surface area (TPSA) is 66.9 Å². The first-order chi connectivity index (χ1) is 15.6. The molecular weight excluding hydrogens is 404 g/mol. The Bertz CT molecular complexity index is 1060. The Balaban J connectivity index is 1.49. The molecule has 0 aliphatic carbocycles. The van der Waals surface area contributed by atoms with Crippen LogP contribution in [0.25, 0.3) is 0 Å². The number of esters is 1. The number of amides is 2. The smallest absolute Gasteiger partial charge is 0.309 e. The fraction of sp³-hybridized carbons (Fsp3) is 0.423. The minimum Gasteiger partial charge on any atom is -0.466 e. The number of carbonyl (C=O) groups excluding carboxylic acids is 3. The largest absolute Gasteiger partial charge is 0.466 e. The van der Waals surface area contributed by atoms with Crippen molar-refractivity contribution in [3.05, 3.63) is 70.8 Å². The molecule has 2 aromatic carbocycles. The number of hydrogen-bond donors (Lipinski definition) is 0. The van der Waals surface area contributed by atoms with Crippen LogP contribution in [-0.4, -0.2) is 53.8 Å². The molecule has 3 aliphatic rings. The molecule has 0 radical (unpaired) electrons. The monoisotopic (exact) mass is 432 g/mol. The van der Waals surface area contributed by atoms with Gasteiger partial charge in [0.05, 0.1) is 24.5 Å². The molecule has 2 unspecified atom stereocenters. The van der Waals surface area contributed by atoms with Gasteiger partial charge >= 0.3 is 5.97 Å². The number of piperidine rings is 1. The lowest BCUT2D eigenvalue weighted by atomic mass is 9.75. The molecular formula is C26H28N2O4. The van der Waals surface area contributed by atoms with Gasteiger partial charge in [-0.2, -0.15) is 0 Å². The maximum Gasteiger partial charge on any atom is 0.309 e. The third-order valence-corrected chi connectivity index (χ3v) is 7.13. The lowest BCUT2D eigenvalue weighted by Gasteiger charge is -2.46. The second-order valence-corrected chi connectivity index (χ2v) is 8.81. The zero-order valence-corrected chi connectivity index (χ0v) is 18.3.